The number of aromatic carboxylic acids is 1. The highest BCUT2D eigenvalue weighted by atomic mass is 16.5. The maximum atomic E-state index is 12.6. The Morgan fingerprint density at radius 2 is 1.86 bits per heavy atom. The number of hydrogen-bond donors (Lipinski definition) is 3. The van der Waals surface area contributed by atoms with Gasteiger partial charge in [-0.2, -0.15) is 0 Å². The van der Waals surface area contributed by atoms with Gasteiger partial charge in [-0.25, -0.2) is 9.59 Å². The number of amides is 1. The van der Waals surface area contributed by atoms with Crippen molar-refractivity contribution in [3.63, 3.8) is 0 Å². The highest BCUT2D eigenvalue weighted by Gasteiger charge is 2.34. The lowest BCUT2D eigenvalue weighted by Gasteiger charge is -2.15. The molecule has 8 heteroatoms. The van der Waals surface area contributed by atoms with Crippen molar-refractivity contribution in [3.05, 3.63) is 65.4 Å². The predicted octanol–water partition coefficient (Wildman–Crippen LogP) is 1.73. The summed E-state index contributed by atoms with van der Waals surface area (Å²) in [6.07, 6.45) is 0. The van der Waals surface area contributed by atoms with Crippen LogP contribution in [0, 0.1) is 0 Å². The molecule has 0 atom stereocenters. The molecule has 2 aromatic carbocycles. The molecule has 8 nitrogen and oxygen atoms in total. The number of methoxy groups -OCH3 is 1. The van der Waals surface area contributed by atoms with Crippen molar-refractivity contribution in [1.29, 1.82) is 0 Å². The summed E-state index contributed by atoms with van der Waals surface area (Å²) in [5, 5.41) is 21.1. The van der Waals surface area contributed by atoms with Gasteiger partial charge in [0.2, 0.25) is 0 Å². The van der Waals surface area contributed by atoms with E-state index in [-0.39, 0.29) is 36.5 Å². The highest BCUT2D eigenvalue weighted by Crippen LogP contribution is 2.27. The molecule has 29 heavy (non-hydrogen) atoms. The highest BCUT2D eigenvalue weighted by molar-refractivity contribution is 6.08. The van der Waals surface area contributed by atoms with Crippen LogP contribution in [-0.2, 0) is 14.3 Å². The Morgan fingerprint density at radius 1 is 1.14 bits per heavy atom. The summed E-state index contributed by atoms with van der Waals surface area (Å²) in [5.74, 6) is -2.00. The van der Waals surface area contributed by atoms with Gasteiger partial charge in [-0.15, -0.1) is 0 Å². The molecule has 2 aromatic rings. The number of carboxylic acid groups (broad SMARTS) is 1. The van der Waals surface area contributed by atoms with Crippen molar-refractivity contribution >= 4 is 23.5 Å². The van der Waals surface area contributed by atoms with Gasteiger partial charge in [-0.3, -0.25) is 4.79 Å². The molecule has 3 rings (SSSR count). The van der Waals surface area contributed by atoms with E-state index in [9.17, 15) is 14.4 Å². The van der Waals surface area contributed by atoms with Crippen molar-refractivity contribution in [1.82, 2.24) is 4.90 Å². The number of benzene rings is 2. The van der Waals surface area contributed by atoms with E-state index in [0.29, 0.717) is 5.69 Å². The van der Waals surface area contributed by atoms with Crippen LogP contribution in [-0.4, -0.2) is 59.8 Å². The van der Waals surface area contributed by atoms with E-state index in [2.05, 4.69) is 5.32 Å². The number of carboxylic acids is 1. The molecule has 0 saturated carbocycles. The maximum Gasteiger partial charge on any atom is 0.337 e. The topological polar surface area (TPSA) is 116 Å². The summed E-state index contributed by atoms with van der Waals surface area (Å²) in [7, 11) is 1.24. The average Bonchev–Trinajstić information content (AvgIpc) is 3.03. The lowest BCUT2D eigenvalue weighted by molar-refractivity contribution is -0.136. The van der Waals surface area contributed by atoms with Crippen molar-refractivity contribution in [2.24, 2.45) is 0 Å². The molecule has 0 aliphatic carbocycles. The number of esters is 1. The second kappa shape index (κ2) is 8.57. The number of ether oxygens (including phenoxy) is 1. The van der Waals surface area contributed by atoms with E-state index in [1.807, 2.05) is 6.07 Å². The second-order valence-electron chi connectivity index (χ2n) is 6.38. The van der Waals surface area contributed by atoms with Crippen molar-refractivity contribution in [2.75, 3.05) is 32.1 Å². The number of aliphatic hydroxyl groups excluding tert-OH is 1. The summed E-state index contributed by atoms with van der Waals surface area (Å²) in [6, 6.07) is 13.6. The van der Waals surface area contributed by atoms with E-state index < -0.39 is 17.8 Å². The Balaban J connectivity index is 1.89. The number of nitrogens with zero attached hydrogens (tertiary/aromatic N) is 1. The molecule has 0 unspecified atom stereocenters. The molecule has 0 fully saturated rings. The minimum Gasteiger partial charge on any atom is -0.478 e. The van der Waals surface area contributed by atoms with E-state index in [0.717, 1.165) is 11.1 Å². The Hall–Kier alpha value is -3.65. The SMILES string of the molecule is COC(=O)C1=C(Nc2cccc(-c3ccc(C(=O)O)cc3)c2)C(=O)N(CCO)C1. The number of anilines is 1. The largest absolute Gasteiger partial charge is 0.478 e. The maximum absolute atomic E-state index is 12.6. The first-order chi connectivity index (χ1) is 13.9. The zero-order valence-electron chi connectivity index (χ0n) is 15.7. The first kappa shape index (κ1) is 20.1. The fourth-order valence-corrected chi connectivity index (χ4v) is 3.08. The Labute approximate surface area is 167 Å². The summed E-state index contributed by atoms with van der Waals surface area (Å²) in [6.45, 7) is -0.0412. The van der Waals surface area contributed by atoms with Gasteiger partial charge in [0.15, 0.2) is 0 Å². The van der Waals surface area contributed by atoms with E-state index in [1.54, 1.807) is 30.3 Å². The normalized spacial score (nSPS) is 13.6. The molecule has 1 amide bonds. The predicted molar refractivity (Wildman–Crippen MR) is 105 cm³/mol. The first-order valence-electron chi connectivity index (χ1n) is 8.87. The number of aliphatic hydroxyl groups is 1. The third-order valence-corrected chi connectivity index (χ3v) is 4.55. The quantitative estimate of drug-likeness (QED) is 0.610. The molecular weight excluding hydrogens is 376 g/mol. The summed E-state index contributed by atoms with van der Waals surface area (Å²) in [4.78, 5) is 37.1. The number of rotatable bonds is 7. The third-order valence-electron chi connectivity index (χ3n) is 4.55. The van der Waals surface area contributed by atoms with Gasteiger partial charge in [0.25, 0.3) is 5.91 Å². The van der Waals surface area contributed by atoms with Crippen LogP contribution < -0.4 is 5.32 Å². The van der Waals surface area contributed by atoms with Gasteiger partial charge < -0.3 is 25.2 Å². The molecule has 3 N–H and O–H groups in total. The van der Waals surface area contributed by atoms with Gasteiger partial charge in [0.05, 0.1) is 31.4 Å². The smallest absolute Gasteiger partial charge is 0.337 e. The van der Waals surface area contributed by atoms with Crippen molar-refractivity contribution in [3.8, 4) is 11.1 Å². The molecule has 0 aromatic heterocycles. The molecule has 0 saturated heterocycles. The van der Waals surface area contributed by atoms with Crippen LogP contribution in [0.5, 0.6) is 0 Å². The van der Waals surface area contributed by atoms with E-state index in [4.69, 9.17) is 14.9 Å². The monoisotopic (exact) mass is 396 g/mol. The fourth-order valence-electron chi connectivity index (χ4n) is 3.08. The van der Waals surface area contributed by atoms with Crippen LogP contribution >= 0.6 is 0 Å². The second-order valence-corrected chi connectivity index (χ2v) is 6.38. The van der Waals surface area contributed by atoms with Crippen LogP contribution in [0.4, 0.5) is 5.69 Å². The molecule has 0 radical (unpaired) electrons. The van der Waals surface area contributed by atoms with Crippen LogP contribution in [0.3, 0.4) is 0 Å². The summed E-state index contributed by atoms with van der Waals surface area (Å²) in [5.41, 5.74) is 2.70. The van der Waals surface area contributed by atoms with E-state index in [1.165, 1.54) is 24.1 Å². The number of carbonyl (C=O) groups is 3. The zero-order chi connectivity index (χ0) is 21.0. The van der Waals surface area contributed by atoms with Crippen molar-refractivity contribution in [2.45, 2.75) is 0 Å². The molecule has 1 aliphatic rings. The zero-order valence-corrected chi connectivity index (χ0v) is 15.7. The number of carbonyl (C=O) groups excluding carboxylic acids is 2. The first-order valence-corrected chi connectivity index (χ1v) is 8.87. The number of nitrogens with one attached hydrogen (secondary N) is 1. The summed E-state index contributed by atoms with van der Waals surface area (Å²) < 4.78 is 4.77. The Bertz CT molecular complexity index is 981. The van der Waals surface area contributed by atoms with Crippen LogP contribution in [0.25, 0.3) is 11.1 Å². The van der Waals surface area contributed by atoms with Crippen LogP contribution in [0.1, 0.15) is 10.4 Å². The molecule has 150 valence electrons. The lowest BCUT2D eigenvalue weighted by atomic mass is 10.0. The molecular formula is C21H20N2O6. The van der Waals surface area contributed by atoms with Gasteiger partial charge in [0.1, 0.15) is 5.70 Å². The van der Waals surface area contributed by atoms with Gasteiger partial charge in [-0.1, -0.05) is 24.3 Å². The molecule has 1 aliphatic heterocycles. The molecule has 0 bridgehead atoms. The third kappa shape index (κ3) is 4.27. The van der Waals surface area contributed by atoms with Gasteiger partial charge in [0, 0.05) is 12.2 Å². The lowest BCUT2D eigenvalue weighted by Crippen LogP contribution is -2.31. The number of hydrogen-bond acceptors (Lipinski definition) is 6. The number of β-amino-alcohol motifs (C(OH)–C–C–N with tert-alkyl or cyclic N) is 1. The van der Waals surface area contributed by atoms with Crippen molar-refractivity contribution < 1.29 is 29.3 Å². The minimum atomic E-state index is -0.999. The van der Waals surface area contributed by atoms with Gasteiger partial charge >= 0.3 is 11.9 Å². The minimum absolute atomic E-state index is 0.0603. The van der Waals surface area contributed by atoms with Gasteiger partial charge in [-0.05, 0) is 35.4 Å². The molecule has 0 spiro atoms. The van der Waals surface area contributed by atoms with Crippen LogP contribution in [0.2, 0.25) is 0 Å². The summed E-state index contributed by atoms with van der Waals surface area (Å²) >= 11 is 0. The Morgan fingerprint density at radius 3 is 2.48 bits per heavy atom. The van der Waals surface area contributed by atoms with Crippen LogP contribution in [0.15, 0.2) is 59.8 Å². The standard InChI is InChI=1S/C21H20N2O6/c1-29-21(28)17-12-23(9-10-24)19(25)18(17)22-16-4-2-3-15(11-16)13-5-7-14(8-6-13)20(26)27/h2-8,11,22,24H,9-10,12H2,1H3,(H,26,27). The molecule has 1 heterocycles. The Kier molecular flexibility index (Phi) is 5.94. The van der Waals surface area contributed by atoms with E-state index >= 15 is 0 Å². The fraction of sp³-hybridized carbons (Fsp3) is 0.190. The average molecular weight is 396 g/mol.